The molecule has 1 aromatic carbocycles. The molecule has 0 saturated heterocycles. The summed E-state index contributed by atoms with van der Waals surface area (Å²) in [4.78, 5) is 22.8. The Balaban J connectivity index is 2.56. The molecule has 116 valence electrons. The second kappa shape index (κ2) is 7.88. The summed E-state index contributed by atoms with van der Waals surface area (Å²) in [5, 5.41) is 12.1. The van der Waals surface area contributed by atoms with E-state index in [-0.39, 0.29) is 12.5 Å². The molecule has 1 rings (SSSR count). The molecule has 1 amide bonds. The van der Waals surface area contributed by atoms with E-state index in [0.29, 0.717) is 17.2 Å². The van der Waals surface area contributed by atoms with Crippen molar-refractivity contribution in [1.29, 1.82) is 0 Å². The molecular formula is C15H20ClNO4. The summed E-state index contributed by atoms with van der Waals surface area (Å²) < 4.78 is 5.57. The third-order valence-electron chi connectivity index (χ3n) is 3.17. The van der Waals surface area contributed by atoms with Gasteiger partial charge in [-0.2, -0.15) is 0 Å². The van der Waals surface area contributed by atoms with Gasteiger partial charge in [0.15, 0.2) is 6.10 Å². The number of hydrogen-bond donors (Lipinski definition) is 2. The molecule has 0 aliphatic rings. The third kappa shape index (κ3) is 5.27. The molecule has 21 heavy (non-hydrogen) atoms. The van der Waals surface area contributed by atoms with Gasteiger partial charge >= 0.3 is 5.97 Å². The number of rotatable bonds is 7. The Morgan fingerprint density at radius 1 is 1.43 bits per heavy atom. The Kier molecular flexibility index (Phi) is 6.49. The van der Waals surface area contributed by atoms with Crippen LogP contribution in [0.5, 0.6) is 5.75 Å². The van der Waals surface area contributed by atoms with Crippen LogP contribution in [0.2, 0.25) is 5.02 Å². The lowest BCUT2D eigenvalue weighted by Crippen LogP contribution is -2.40. The van der Waals surface area contributed by atoms with E-state index >= 15 is 0 Å². The van der Waals surface area contributed by atoms with Gasteiger partial charge in [-0.05, 0) is 44.0 Å². The van der Waals surface area contributed by atoms with Crippen molar-refractivity contribution in [3.63, 3.8) is 0 Å². The SMILES string of the molecule is CCC(CNC(=O)C(C)Oc1ccc(Cl)cc1C)C(=O)O. The highest BCUT2D eigenvalue weighted by Crippen LogP contribution is 2.22. The van der Waals surface area contributed by atoms with Gasteiger partial charge in [-0.15, -0.1) is 0 Å². The molecule has 0 heterocycles. The van der Waals surface area contributed by atoms with Gasteiger partial charge in [0.05, 0.1) is 5.92 Å². The Morgan fingerprint density at radius 3 is 2.62 bits per heavy atom. The number of nitrogens with one attached hydrogen (secondary N) is 1. The maximum absolute atomic E-state index is 11.9. The number of carbonyl (C=O) groups excluding carboxylic acids is 1. The molecule has 0 spiro atoms. The molecule has 2 atom stereocenters. The van der Waals surface area contributed by atoms with Crippen molar-refractivity contribution in [3.8, 4) is 5.75 Å². The van der Waals surface area contributed by atoms with Crippen LogP contribution < -0.4 is 10.1 Å². The first-order chi connectivity index (χ1) is 9.85. The summed E-state index contributed by atoms with van der Waals surface area (Å²) in [6.07, 6.45) is -0.252. The molecule has 1 aromatic rings. The molecule has 0 fully saturated rings. The van der Waals surface area contributed by atoms with Crippen LogP contribution in [-0.2, 0) is 9.59 Å². The van der Waals surface area contributed by atoms with E-state index in [1.807, 2.05) is 6.92 Å². The van der Waals surface area contributed by atoms with Gasteiger partial charge in [0.1, 0.15) is 5.75 Å². The van der Waals surface area contributed by atoms with E-state index in [0.717, 1.165) is 5.56 Å². The zero-order valence-electron chi connectivity index (χ0n) is 12.4. The van der Waals surface area contributed by atoms with Crippen molar-refractivity contribution in [2.24, 2.45) is 5.92 Å². The van der Waals surface area contributed by atoms with E-state index in [1.165, 1.54) is 0 Å². The molecule has 0 radical (unpaired) electrons. The summed E-state index contributed by atoms with van der Waals surface area (Å²) >= 11 is 5.86. The van der Waals surface area contributed by atoms with E-state index in [9.17, 15) is 9.59 Å². The largest absolute Gasteiger partial charge is 0.481 e. The lowest BCUT2D eigenvalue weighted by molar-refractivity contribution is -0.141. The molecule has 0 aromatic heterocycles. The number of hydrogen-bond acceptors (Lipinski definition) is 3. The van der Waals surface area contributed by atoms with Crippen molar-refractivity contribution in [2.45, 2.75) is 33.3 Å². The highest BCUT2D eigenvalue weighted by Gasteiger charge is 2.20. The lowest BCUT2D eigenvalue weighted by atomic mass is 10.1. The van der Waals surface area contributed by atoms with Crippen LogP contribution in [0, 0.1) is 12.8 Å². The van der Waals surface area contributed by atoms with Gasteiger partial charge in [0.2, 0.25) is 0 Å². The fourth-order valence-electron chi connectivity index (χ4n) is 1.76. The summed E-state index contributed by atoms with van der Waals surface area (Å²) in [5.74, 6) is -1.27. The van der Waals surface area contributed by atoms with Crippen LogP contribution in [0.4, 0.5) is 0 Å². The zero-order valence-corrected chi connectivity index (χ0v) is 13.1. The van der Waals surface area contributed by atoms with E-state index in [1.54, 1.807) is 32.0 Å². The number of carboxylic acid groups (broad SMARTS) is 1. The molecule has 5 nitrogen and oxygen atoms in total. The Morgan fingerprint density at radius 2 is 2.10 bits per heavy atom. The smallest absolute Gasteiger partial charge is 0.308 e. The lowest BCUT2D eigenvalue weighted by Gasteiger charge is -2.17. The van der Waals surface area contributed by atoms with Crippen LogP contribution >= 0.6 is 11.6 Å². The number of amides is 1. The van der Waals surface area contributed by atoms with Crippen molar-refractivity contribution < 1.29 is 19.4 Å². The summed E-state index contributed by atoms with van der Waals surface area (Å²) in [5.41, 5.74) is 0.833. The summed E-state index contributed by atoms with van der Waals surface area (Å²) in [6, 6.07) is 5.14. The number of carboxylic acids is 1. The minimum absolute atomic E-state index is 0.0952. The minimum atomic E-state index is -0.917. The average molecular weight is 314 g/mol. The van der Waals surface area contributed by atoms with Crippen molar-refractivity contribution in [3.05, 3.63) is 28.8 Å². The maximum Gasteiger partial charge on any atom is 0.308 e. The monoisotopic (exact) mass is 313 g/mol. The van der Waals surface area contributed by atoms with E-state index in [4.69, 9.17) is 21.4 Å². The Labute approximate surface area is 129 Å². The first-order valence-corrected chi connectivity index (χ1v) is 7.16. The standard InChI is InChI=1S/C15H20ClNO4/c1-4-11(15(19)20)8-17-14(18)10(3)21-13-6-5-12(16)7-9(13)2/h5-7,10-11H,4,8H2,1-3H3,(H,17,18)(H,19,20). The average Bonchev–Trinajstić information content (AvgIpc) is 2.41. The maximum atomic E-state index is 11.9. The Hall–Kier alpha value is -1.75. The second-order valence-corrected chi connectivity index (χ2v) is 5.29. The highest BCUT2D eigenvalue weighted by atomic mass is 35.5. The molecule has 6 heteroatoms. The van der Waals surface area contributed by atoms with Crippen LogP contribution in [0.15, 0.2) is 18.2 Å². The molecule has 2 N–H and O–H groups in total. The van der Waals surface area contributed by atoms with Crippen molar-refractivity contribution in [1.82, 2.24) is 5.32 Å². The Bertz CT molecular complexity index is 518. The number of carbonyl (C=O) groups is 2. The molecule has 0 saturated carbocycles. The third-order valence-corrected chi connectivity index (χ3v) is 3.41. The highest BCUT2D eigenvalue weighted by molar-refractivity contribution is 6.30. The second-order valence-electron chi connectivity index (χ2n) is 4.86. The van der Waals surface area contributed by atoms with Crippen LogP contribution in [0.3, 0.4) is 0 Å². The molecular weight excluding hydrogens is 294 g/mol. The number of aryl methyl sites for hydroxylation is 1. The molecule has 2 unspecified atom stereocenters. The quantitative estimate of drug-likeness (QED) is 0.811. The molecule has 0 aliphatic heterocycles. The van der Waals surface area contributed by atoms with E-state index in [2.05, 4.69) is 5.32 Å². The predicted molar refractivity (Wildman–Crippen MR) is 80.7 cm³/mol. The fraction of sp³-hybridized carbons (Fsp3) is 0.467. The molecule has 0 aliphatic carbocycles. The van der Waals surface area contributed by atoms with Gasteiger partial charge in [-0.3, -0.25) is 9.59 Å². The van der Waals surface area contributed by atoms with Crippen molar-refractivity contribution >= 4 is 23.5 Å². The number of ether oxygens (including phenoxy) is 1. The number of halogens is 1. The van der Waals surface area contributed by atoms with Crippen LogP contribution in [-0.4, -0.2) is 29.6 Å². The normalized spacial score (nSPS) is 13.3. The first kappa shape index (κ1) is 17.3. The predicted octanol–water partition coefficient (Wildman–Crippen LogP) is 2.64. The summed E-state index contributed by atoms with van der Waals surface area (Å²) in [6.45, 7) is 5.31. The van der Waals surface area contributed by atoms with Crippen LogP contribution in [0.25, 0.3) is 0 Å². The number of benzene rings is 1. The topological polar surface area (TPSA) is 75.6 Å². The molecule has 0 bridgehead atoms. The van der Waals surface area contributed by atoms with Crippen LogP contribution in [0.1, 0.15) is 25.8 Å². The van der Waals surface area contributed by atoms with Crippen molar-refractivity contribution in [2.75, 3.05) is 6.54 Å². The zero-order chi connectivity index (χ0) is 16.0. The van der Waals surface area contributed by atoms with Gasteiger partial charge in [0.25, 0.3) is 5.91 Å². The number of aliphatic carboxylic acids is 1. The van der Waals surface area contributed by atoms with E-state index < -0.39 is 18.0 Å². The van der Waals surface area contributed by atoms with Gasteiger partial charge in [0, 0.05) is 11.6 Å². The first-order valence-electron chi connectivity index (χ1n) is 6.78. The van der Waals surface area contributed by atoms with Gasteiger partial charge < -0.3 is 15.2 Å². The fourth-order valence-corrected chi connectivity index (χ4v) is 1.99. The van der Waals surface area contributed by atoms with Gasteiger partial charge in [-0.25, -0.2) is 0 Å². The minimum Gasteiger partial charge on any atom is -0.481 e. The summed E-state index contributed by atoms with van der Waals surface area (Å²) in [7, 11) is 0. The van der Waals surface area contributed by atoms with Gasteiger partial charge in [-0.1, -0.05) is 18.5 Å².